The number of anilines is 1. The zero-order chi connectivity index (χ0) is 23.7. The first-order valence-electron chi connectivity index (χ1n) is 9.75. The number of barbiturate groups is 1. The van der Waals surface area contributed by atoms with Gasteiger partial charge < -0.3 is 9.15 Å². The van der Waals surface area contributed by atoms with E-state index in [0.29, 0.717) is 21.9 Å². The van der Waals surface area contributed by atoms with Crippen LogP contribution >= 0.6 is 11.6 Å². The van der Waals surface area contributed by atoms with Crippen molar-refractivity contribution in [2.75, 3.05) is 12.0 Å². The van der Waals surface area contributed by atoms with E-state index in [4.69, 9.17) is 20.8 Å². The number of hydrogen-bond acceptors (Lipinski definition) is 6. The summed E-state index contributed by atoms with van der Waals surface area (Å²) in [6.07, 6.45) is 1.23. The lowest BCUT2D eigenvalue weighted by Gasteiger charge is -2.26. The van der Waals surface area contributed by atoms with Crippen LogP contribution in [0.15, 0.2) is 64.6 Å². The molecule has 0 radical (unpaired) electrons. The van der Waals surface area contributed by atoms with Crippen LogP contribution in [0, 0.1) is 6.92 Å². The van der Waals surface area contributed by atoms with Gasteiger partial charge in [-0.1, -0.05) is 35.9 Å². The van der Waals surface area contributed by atoms with E-state index in [2.05, 4.69) is 5.32 Å². The number of amides is 4. The third-order valence-corrected chi connectivity index (χ3v) is 5.43. The normalized spacial score (nSPS) is 15.1. The smallest absolute Gasteiger partial charge is 0.338 e. The van der Waals surface area contributed by atoms with Crippen LogP contribution in [0.3, 0.4) is 0 Å². The van der Waals surface area contributed by atoms with Crippen molar-refractivity contribution in [1.82, 2.24) is 5.32 Å². The molecule has 0 aliphatic carbocycles. The summed E-state index contributed by atoms with van der Waals surface area (Å²) in [5.41, 5.74) is 1.48. The molecule has 1 saturated heterocycles. The van der Waals surface area contributed by atoms with Gasteiger partial charge in [0.1, 0.15) is 17.1 Å². The number of carbonyl (C=O) groups is 4. The van der Waals surface area contributed by atoms with E-state index in [9.17, 15) is 19.2 Å². The summed E-state index contributed by atoms with van der Waals surface area (Å²) in [5, 5.41) is 2.52. The fourth-order valence-corrected chi connectivity index (χ4v) is 3.49. The molecule has 0 atom stereocenters. The van der Waals surface area contributed by atoms with Crippen molar-refractivity contribution in [2.45, 2.75) is 6.92 Å². The highest BCUT2D eigenvalue weighted by molar-refractivity contribution is 6.39. The Morgan fingerprint density at radius 3 is 2.58 bits per heavy atom. The number of nitrogens with zero attached hydrogens (tertiary/aromatic N) is 1. The molecule has 1 fully saturated rings. The highest BCUT2D eigenvalue weighted by atomic mass is 35.5. The Hall–Kier alpha value is -4.17. The van der Waals surface area contributed by atoms with Gasteiger partial charge in [-0.15, -0.1) is 0 Å². The number of furan rings is 1. The quantitative estimate of drug-likeness (QED) is 0.349. The molecule has 8 nitrogen and oxygen atoms in total. The van der Waals surface area contributed by atoms with Gasteiger partial charge in [0, 0.05) is 10.6 Å². The minimum Gasteiger partial charge on any atom is -0.465 e. The van der Waals surface area contributed by atoms with Crippen molar-refractivity contribution in [1.29, 1.82) is 0 Å². The lowest BCUT2D eigenvalue weighted by Crippen LogP contribution is -2.54. The summed E-state index contributed by atoms with van der Waals surface area (Å²) in [5.74, 6) is -1.69. The molecular weight excluding hydrogens is 448 g/mol. The van der Waals surface area contributed by atoms with Crippen molar-refractivity contribution in [3.8, 4) is 11.3 Å². The van der Waals surface area contributed by atoms with Crippen LogP contribution in [0.1, 0.15) is 21.7 Å². The number of esters is 1. The molecule has 1 aromatic heterocycles. The summed E-state index contributed by atoms with van der Waals surface area (Å²) in [7, 11) is 1.28. The number of ether oxygens (including phenoxy) is 1. The van der Waals surface area contributed by atoms with Gasteiger partial charge in [-0.2, -0.15) is 0 Å². The van der Waals surface area contributed by atoms with Crippen LogP contribution in [0.2, 0.25) is 5.02 Å². The Bertz CT molecular complexity index is 1340. The van der Waals surface area contributed by atoms with Crippen LogP contribution in [0.5, 0.6) is 0 Å². The molecule has 0 spiro atoms. The molecule has 33 heavy (non-hydrogen) atoms. The lowest BCUT2D eigenvalue weighted by atomic mass is 10.1. The zero-order valence-corrected chi connectivity index (χ0v) is 18.3. The van der Waals surface area contributed by atoms with Crippen LogP contribution in [-0.4, -0.2) is 30.9 Å². The first-order valence-corrected chi connectivity index (χ1v) is 10.1. The van der Waals surface area contributed by atoms with Gasteiger partial charge in [-0.05, 0) is 48.9 Å². The maximum atomic E-state index is 13.0. The molecule has 1 N–H and O–H groups in total. The maximum Gasteiger partial charge on any atom is 0.338 e. The number of carbonyl (C=O) groups excluding carboxylic acids is 4. The number of methoxy groups -OCH3 is 1. The molecular formula is C24H17ClN2O6. The summed E-state index contributed by atoms with van der Waals surface area (Å²) in [6.45, 7) is 1.78. The minimum atomic E-state index is -0.880. The Morgan fingerprint density at radius 2 is 1.85 bits per heavy atom. The minimum absolute atomic E-state index is 0.180. The number of imide groups is 2. The molecule has 4 rings (SSSR count). The van der Waals surface area contributed by atoms with Crippen molar-refractivity contribution < 1.29 is 28.3 Å². The summed E-state index contributed by atoms with van der Waals surface area (Å²) < 4.78 is 10.6. The van der Waals surface area contributed by atoms with Gasteiger partial charge in [-0.25, -0.2) is 14.5 Å². The van der Waals surface area contributed by atoms with Crippen molar-refractivity contribution in [2.24, 2.45) is 0 Å². The lowest BCUT2D eigenvalue weighted by molar-refractivity contribution is -0.122. The topological polar surface area (TPSA) is 106 Å². The highest BCUT2D eigenvalue weighted by Gasteiger charge is 2.37. The van der Waals surface area contributed by atoms with E-state index in [-0.39, 0.29) is 17.0 Å². The molecule has 3 aromatic rings. The Kier molecular flexibility index (Phi) is 5.85. The largest absolute Gasteiger partial charge is 0.465 e. The van der Waals surface area contributed by atoms with Crippen LogP contribution < -0.4 is 10.2 Å². The number of rotatable bonds is 4. The predicted octanol–water partition coefficient (Wildman–Crippen LogP) is 4.36. The molecule has 166 valence electrons. The van der Waals surface area contributed by atoms with Crippen LogP contribution in [-0.2, 0) is 14.3 Å². The third kappa shape index (κ3) is 4.16. The Labute approximate surface area is 193 Å². The first kappa shape index (κ1) is 22.0. The SMILES string of the molecule is COC(=O)c1ccccc1-c1ccc(C=C2C(=O)NC(=O)N(c3ccc(C)c(Cl)c3)C2=O)o1. The molecule has 0 bridgehead atoms. The van der Waals surface area contributed by atoms with Gasteiger partial charge in [-0.3, -0.25) is 14.9 Å². The summed E-state index contributed by atoms with van der Waals surface area (Å²) in [6, 6.07) is 13.6. The molecule has 4 amide bonds. The highest BCUT2D eigenvalue weighted by Crippen LogP contribution is 2.29. The standard InChI is InChI=1S/C24H17ClN2O6/c1-13-7-8-14(11-19(13)25)27-22(29)18(21(28)26-24(27)31)12-15-9-10-20(33-15)16-5-3-4-6-17(16)23(30)32-2/h3-12H,1-2H3,(H,26,28,31). The number of benzene rings is 2. The predicted molar refractivity (Wildman–Crippen MR) is 121 cm³/mol. The second-order valence-corrected chi connectivity index (χ2v) is 7.54. The molecule has 9 heteroatoms. The van der Waals surface area contributed by atoms with Gasteiger partial charge in [0.25, 0.3) is 11.8 Å². The van der Waals surface area contributed by atoms with Gasteiger partial charge in [0.15, 0.2) is 0 Å². The summed E-state index contributed by atoms with van der Waals surface area (Å²) >= 11 is 6.13. The molecule has 1 aliphatic rings. The third-order valence-electron chi connectivity index (χ3n) is 5.03. The number of urea groups is 1. The molecule has 0 unspecified atom stereocenters. The number of hydrogen-bond donors (Lipinski definition) is 1. The van der Waals surface area contributed by atoms with E-state index in [1.165, 1.54) is 19.3 Å². The van der Waals surface area contributed by atoms with E-state index in [1.807, 2.05) is 0 Å². The maximum absolute atomic E-state index is 13.0. The van der Waals surface area contributed by atoms with E-state index >= 15 is 0 Å². The summed E-state index contributed by atoms with van der Waals surface area (Å²) in [4.78, 5) is 50.7. The van der Waals surface area contributed by atoms with Crippen LogP contribution in [0.4, 0.5) is 10.5 Å². The Morgan fingerprint density at radius 1 is 1.09 bits per heavy atom. The molecule has 2 aromatic carbocycles. The van der Waals surface area contributed by atoms with E-state index in [1.54, 1.807) is 55.5 Å². The van der Waals surface area contributed by atoms with Crippen molar-refractivity contribution in [3.63, 3.8) is 0 Å². The van der Waals surface area contributed by atoms with Crippen molar-refractivity contribution >= 4 is 47.2 Å². The second kappa shape index (κ2) is 8.76. The van der Waals surface area contributed by atoms with Gasteiger partial charge >= 0.3 is 12.0 Å². The molecule has 2 heterocycles. The average Bonchev–Trinajstić information content (AvgIpc) is 3.27. The van der Waals surface area contributed by atoms with E-state index in [0.717, 1.165) is 10.5 Å². The van der Waals surface area contributed by atoms with Crippen molar-refractivity contribution in [3.05, 3.63) is 82.1 Å². The molecule has 0 saturated carbocycles. The van der Waals surface area contributed by atoms with Gasteiger partial charge in [0.2, 0.25) is 0 Å². The first-order chi connectivity index (χ1) is 15.8. The van der Waals surface area contributed by atoms with Gasteiger partial charge in [0.05, 0.1) is 18.4 Å². The van der Waals surface area contributed by atoms with Crippen LogP contribution in [0.25, 0.3) is 17.4 Å². The second-order valence-electron chi connectivity index (χ2n) is 7.13. The zero-order valence-electron chi connectivity index (χ0n) is 17.5. The fraction of sp³-hybridized carbons (Fsp3) is 0.0833. The number of aryl methyl sites for hydroxylation is 1. The number of halogens is 1. The average molecular weight is 465 g/mol. The molecule has 1 aliphatic heterocycles. The monoisotopic (exact) mass is 464 g/mol. The fourth-order valence-electron chi connectivity index (χ4n) is 3.32. The Balaban J connectivity index is 1.70. The number of nitrogens with one attached hydrogen (secondary N) is 1. The van der Waals surface area contributed by atoms with E-state index < -0.39 is 23.8 Å².